The second-order valence-electron chi connectivity index (χ2n) is 7.61. The van der Waals surface area contributed by atoms with E-state index in [1.54, 1.807) is 24.3 Å². The number of ether oxygens (including phenoxy) is 2. The molecule has 0 aliphatic carbocycles. The first kappa shape index (κ1) is 23.8. The number of hydrogen-bond acceptors (Lipinski definition) is 6. The molecule has 7 nitrogen and oxygen atoms in total. The van der Waals surface area contributed by atoms with Crippen molar-refractivity contribution in [2.75, 3.05) is 40.4 Å². The monoisotopic (exact) mass is 457 g/mol. The Hall–Kier alpha value is -2.84. The van der Waals surface area contributed by atoms with Gasteiger partial charge >= 0.3 is 0 Å². The first-order valence-corrected chi connectivity index (χ1v) is 11.8. The maximum absolute atomic E-state index is 12.9. The molecule has 2 N–H and O–H groups in total. The van der Waals surface area contributed by atoms with Crippen LogP contribution in [0.5, 0.6) is 11.5 Å². The number of amides is 2. The fourth-order valence-corrected chi connectivity index (χ4v) is 4.29. The number of methoxy groups -OCH3 is 2. The third kappa shape index (κ3) is 6.83. The third-order valence-electron chi connectivity index (χ3n) is 5.35. The number of hydrogen-bond donors (Lipinski definition) is 2. The van der Waals surface area contributed by atoms with Crippen molar-refractivity contribution in [3.05, 3.63) is 51.8 Å². The number of rotatable bonds is 10. The number of carbonyl (C=O) groups is 2. The van der Waals surface area contributed by atoms with Crippen molar-refractivity contribution in [2.45, 2.75) is 25.7 Å². The summed E-state index contributed by atoms with van der Waals surface area (Å²) in [5.41, 5.74) is 0.586. The summed E-state index contributed by atoms with van der Waals surface area (Å²) in [4.78, 5) is 29.1. The average Bonchev–Trinajstić information content (AvgIpc) is 3.34. The van der Waals surface area contributed by atoms with Crippen LogP contribution in [0, 0.1) is 0 Å². The summed E-state index contributed by atoms with van der Waals surface area (Å²) >= 11 is 1.50. The fourth-order valence-electron chi connectivity index (χ4n) is 3.63. The highest BCUT2D eigenvalue weighted by Crippen LogP contribution is 2.27. The van der Waals surface area contributed by atoms with Gasteiger partial charge in [-0.15, -0.1) is 11.3 Å². The number of benzene rings is 1. The van der Waals surface area contributed by atoms with Crippen LogP contribution in [0.25, 0.3) is 6.08 Å². The Balaban J connectivity index is 1.63. The van der Waals surface area contributed by atoms with Crippen molar-refractivity contribution in [1.82, 2.24) is 15.5 Å². The molecule has 2 heterocycles. The molecule has 3 rings (SSSR count). The van der Waals surface area contributed by atoms with Gasteiger partial charge in [-0.2, -0.15) is 0 Å². The normalized spacial score (nSPS) is 14.6. The summed E-state index contributed by atoms with van der Waals surface area (Å²) in [6.45, 7) is 3.81. The van der Waals surface area contributed by atoms with Gasteiger partial charge in [0.05, 0.1) is 14.2 Å². The Bertz CT molecular complexity index is 921. The Labute approximate surface area is 193 Å². The van der Waals surface area contributed by atoms with Crippen molar-refractivity contribution in [2.24, 2.45) is 0 Å². The Kier molecular flexibility index (Phi) is 9.13. The van der Waals surface area contributed by atoms with Crippen molar-refractivity contribution in [3.63, 3.8) is 0 Å². The maximum atomic E-state index is 12.9. The second-order valence-corrected chi connectivity index (χ2v) is 8.59. The van der Waals surface area contributed by atoms with Gasteiger partial charge in [0.2, 0.25) is 0 Å². The van der Waals surface area contributed by atoms with Gasteiger partial charge in [0.1, 0.15) is 5.70 Å². The molecule has 2 amide bonds. The molecule has 0 radical (unpaired) electrons. The van der Waals surface area contributed by atoms with E-state index in [2.05, 4.69) is 15.5 Å². The van der Waals surface area contributed by atoms with Gasteiger partial charge in [0.15, 0.2) is 11.5 Å². The third-order valence-corrected chi connectivity index (χ3v) is 6.17. The van der Waals surface area contributed by atoms with E-state index in [-0.39, 0.29) is 11.6 Å². The van der Waals surface area contributed by atoms with Gasteiger partial charge < -0.3 is 25.0 Å². The summed E-state index contributed by atoms with van der Waals surface area (Å²) in [6.07, 6.45) is 6.39. The van der Waals surface area contributed by atoms with Crippen molar-refractivity contribution >= 4 is 29.2 Å². The van der Waals surface area contributed by atoms with Gasteiger partial charge in [-0.25, -0.2) is 0 Å². The number of nitrogens with zero attached hydrogens (tertiary/aromatic N) is 1. The van der Waals surface area contributed by atoms with Gasteiger partial charge in [0, 0.05) is 17.0 Å². The van der Waals surface area contributed by atoms with Crippen LogP contribution in [0.3, 0.4) is 0 Å². The van der Waals surface area contributed by atoms with E-state index in [0.717, 1.165) is 30.9 Å². The molecule has 2 aromatic rings. The van der Waals surface area contributed by atoms with Crippen molar-refractivity contribution in [1.29, 1.82) is 0 Å². The molecule has 1 aromatic heterocycles. The van der Waals surface area contributed by atoms with E-state index >= 15 is 0 Å². The lowest BCUT2D eigenvalue weighted by molar-refractivity contribution is -0.117. The lowest BCUT2D eigenvalue weighted by atomic mass is 10.1. The first-order valence-electron chi connectivity index (χ1n) is 10.9. The molecular weight excluding hydrogens is 426 g/mol. The molecule has 1 aromatic carbocycles. The minimum absolute atomic E-state index is 0.213. The predicted octanol–water partition coefficient (Wildman–Crippen LogP) is 3.53. The zero-order valence-electron chi connectivity index (χ0n) is 18.7. The molecule has 1 fully saturated rings. The molecule has 32 heavy (non-hydrogen) atoms. The van der Waals surface area contributed by atoms with Gasteiger partial charge in [0.25, 0.3) is 11.8 Å². The van der Waals surface area contributed by atoms with E-state index in [1.807, 2.05) is 17.5 Å². The minimum atomic E-state index is -0.391. The molecule has 8 heteroatoms. The lowest BCUT2D eigenvalue weighted by Crippen LogP contribution is -2.37. The largest absolute Gasteiger partial charge is 0.493 e. The summed E-state index contributed by atoms with van der Waals surface area (Å²) in [5.74, 6) is 0.291. The number of piperidine rings is 1. The van der Waals surface area contributed by atoms with Crippen LogP contribution < -0.4 is 20.1 Å². The Morgan fingerprint density at radius 2 is 1.88 bits per heavy atom. The van der Waals surface area contributed by atoms with Crippen molar-refractivity contribution < 1.29 is 19.1 Å². The van der Waals surface area contributed by atoms with Crippen molar-refractivity contribution in [3.8, 4) is 11.5 Å². The number of carbonyl (C=O) groups excluding carboxylic acids is 2. The molecule has 0 bridgehead atoms. The SMILES string of the molecule is COc1ccc(C(=O)N/C(=C\c2cccs2)C(=O)NCCCN2CCCCC2)cc1OC. The van der Waals surface area contributed by atoms with E-state index in [4.69, 9.17) is 9.47 Å². The average molecular weight is 458 g/mol. The second kappa shape index (κ2) is 12.3. The molecule has 0 atom stereocenters. The molecular formula is C24H31N3O4S. The van der Waals surface area contributed by atoms with Crippen LogP contribution in [0.1, 0.15) is 40.9 Å². The lowest BCUT2D eigenvalue weighted by Gasteiger charge is -2.26. The van der Waals surface area contributed by atoms with E-state index in [0.29, 0.717) is 23.6 Å². The fraction of sp³-hybridized carbons (Fsp3) is 0.417. The minimum Gasteiger partial charge on any atom is -0.493 e. The highest BCUT2D eigenvalue weighted by molar-refractivity contribution is 7.10. The highest BCUT2D eigenvalue weighted by atomic mass is 32.1. The van der Waals surface area contributed by atoms with Crippen LogP contribution in [0.2, 0.25) is 0 Å². The summed E-state index contributed by atoms with van der Waals surface area (Å²) in [6, 6.07) is 8.69. The van der Waals surface area contributed by atoms with Crippen LogP contribution in [0.15, 0.2) is 41.4 Å². The van der Waals surface area contributed by atoms with Gasteiger partial charge in [-0.3, -0.25) is 9.59 Å². The van der Waals surface area contributed by atoms with E-state index < -0.39 is 5.91 Å². The summed E-state index contributed by atoms with van der Waals surface area (Å²) < 4.78 is 10.5. The topological polar surface area (TPSA) is 79.9 Å². The smallest absolute Gasteiger partial charge is 0.267 e. The van der Waals surface area contributed by atoms with Crippen LogP contribution in [-0.2, 0) is 4.79 Å². The van der Waals surface area contributed by atoms with Crippen LogP contribution in [-0.4, -0.2) is 57.1 Å². The van der Waals surface area contributed by atoms with Gasteiger partial charge in [-0.1, -0.05) is 12.5 Å². The molecule has 0 spiro atoms. The standard InChI is InChI=1S/C24H31N3O4S/c1-30-21-10-9-18(16-22(21)31-2)23(28)26-20(17-19-8-6-15-32-19)24(29)25-11-7-14-27-12-4-3-5-13-27/h6,8-10,15-17H,3-5,7,11-14H2,1-2H3,(H,25,29)(H,26,28)/b20-17-. The molecule has 0 saturated carbocycles. The first-order chi connectivity index (χ1) is 15.6. The molecule has 1 saturated heterocycles. The quantitative estimate of drug-likeness (QED) is 0.422. The number of thiophene rings is 1. The zero-order chi connectivity index (χ0) is 22.8. The number of likely N-dealkylation sites (tertiary alicyclic amines) is 1. The van der Waals surface area contributed by atoms with E-state index in [9.17, 15) is 9.59 Å². The summed E-state index contributed by atoms with van der Waals surface area (Å²) in [5, 5.41) is 7.63. The van der Waals surface area contributed by atoms with E-state index in [1.165, 1.54) is 44.8 Å². The zero-order valence-corrected chi connectivity index (χ0v) is 19.5. The molecule has 172 valence electrons. The van der Waals surface area contributed by atoms with Crippen LogP contribution >= 0.6 is 11.3 Å². The molecule has 1 aliphatic rings. The molecule has 1 aliphatic heterocycles. The predicted molar refractivity (Wildman–Crippen MR) is 127 cm³/mol. The Morgan fingerprint density at radius 3 is 2.56 bits per heavy atom. The Morgan fingerprint density at radius 1 is 1.09 bits per heavy atom. The highest BCUT2D eigenvalue weighted by Gasteiger charge is 2.17. The maximum Gasteiger partial charge on any atom is 0.267 e. The summed E-state index contributed by atoms with van der Waals surface area (Å²) in [7, 11) is 3.05. The molecule has 0 unspecified atom stereocenters. The van der Waals surface area contributed by atoms with Crippen LogP contribution in [0.4, 0.5) is 0 Å². The number of nitrogens with one attached hydrogen (secondary N) is 2. The van der Waals surface area contributed by atoms with Gasteiger partial charge in [-0.05, 0) is 74.6 Å².